The molecule has 0 heterocycles. The molecule has 0 aromatic heterocycles. The normalized spacial score (nSPS) is 9.38. The lowest BCUT2D eigenvalue weighted by Crippen LogP contribution is -2.36. The number of hydrogen-bond donors (Lipinski definition) is 2. The van der Waals surface area contributed by atoms with Crippen LogP contribution in [-0.2, 0) is 14.3 Å². The van der Waals surface area contributed by atoms with Gasteiger partial charge < -0.3 is 4.74 Å². The van der Waals surface area contributed by atoms with Crippen LogP contribution in [-0.4, -0.2) is 18.5 Å². The molecule has 0 aliphatic heterocycles. The molecule has 1 rings (SSSR count). The van der Waals surface area contributed by atoms with Crippen molar-refractivity contribution in [2.24, 2.45) is 0 Å². The van der Waals surface area contributed by atoms with Crippen LogP contribution in [0.15, 0.2) is 24.3 Å². The molecule has 0 unspecified atom stereocenters. The first-order valence-corrected chi connectivity index (χ1v) is 5.70. The first-order chi connectivity index (χ1) is 7.63. The summed E-state index contributed by atoms with van der Waals surface area (Å²) in [5, 5.41) is 0. The molecule has 2 N–H and O–H groups in total. The Morgan fingerprint density at radius 2 is 1.94 bits per heavy atom. The maximum Gasteiger partial charge on any atom is 0.398 e. The third kappa shape index (κ3) is 4.05. The van der Waals surface area contributed by atoms with Gasteiger partial charge in [0.15, 0.2) is 0 Å². The number of hydrogen-bond acceptors (Lipinski definition) is 4. The average molecular weight is 334 g/mol. The Hall–Kier alpha value is -1.31. The smallest absolute Gasteiger partial charge is 0.398 e. The van der Waals surface area contributed by atoms with E-state index in [1.54, 1.807) is 19.1 Å². The lowest BCUT2D eigenvalue weighted by Gasteiger charge is -2.07. The Labute approximate surface area is 107 Å². The van der Waals surface area contributed by atoms with Gasteiger partial charge in [-0.15, -0.1) is 0 Å². The van der Waals surface area contributed by atoms with Crippen LogP contribution in [0.5, 0.6) is 0 Å². The number of halogens is 1. The van der Waals surface area contributed by atoms with Crippen LogP contribution >= 0.6 is 22.6 Å². The third-order valence-corrected chi connectivity index (χ3v) is 2.34. The highest BCUT2D eigenvalue weighted by molar-refractivity contribution is 14.1. The van der Waals surface area contributed by atoms with Crippen LogP contribution in [0.4, 0.5) is 5.69 Å². The van der Waals surface area contributed by atoms with E-state index in [1.165, 1.54) is 0 Å². The zero-order valence-electron chi connectivity index (χ0n) is 8.62. The molecule has 0 saturated carbocycles. The van der Waals surface area contributed by atoms with Gasteiger partial charge in [0.05, 0.1) is 12.3 Å². The second kappa shape index (κ2) is 6.31. The molecule has 1 amide bonds. The van der Waals surface area contributed by atoms with Crippen molar-refractivity contribution in [3.63, 3.8) is 0 Å². The molecule has 0 atom stereocenters. The molecular formula is C10H11IN2O3. The van der Waals surface area contributed by atoms with Crippen LogP contribution in [0.2, 0.25) is 0 Å². The van der Waals surface area contributed by atoms with Gasteiger partial charge in [0.2, 0.25) is 0 Å². The Morgan fingerprint density at radius 3 is 2.50 bits per heavy atom. The third-order valence-electron chi connectivity index (χ3n) is 1.63. The minimum atomic E-state index is -0.902. The Kier molecular flexibility index (Phi) is 5.03. The molecule has 0 fully saturated rings. The summed E-state index contributed by atoms with van der Waals surface area (Å²) in [5.74, 6) is -1.72. The lowest BCUT2D eigenvalue weighted by atomic mass is 10.3. The SMILES string of the molecule is CCOC(=O)C(=O)NNc1ccc(I)cc1. The fraction of sp³-hybridized carbons (Fsp3) is 0.200. The number of benzene rings is 1. The highest BCUT2D eigenvalue weighted by Gasteiger charge is 2.13. The molecule has 86 valence electrons. The van der Waals surface area contributed by atoms with E-state index >= 15 is 0 Å². The minimum absolute atomic E-state index is 0.176. The van der Waals surface area contributed by atoms with Crippen molar-refractivity contribution in [1.29, 1.82) is 0 Å². The van der Waals surface area contributed by atoms with Gasteiger partial charge in [-0.2, -0.15) is 0 Å². The van der Waals surface area contributed by atoms with Gasteiger partial charge in [0, 0.05) is 3.57 Å². The number of ether oxygens (including phenoxy) is 1. The first kappa shape index (κ1) is 12.8. The summed E-state index contributed by atoms with van der Waals surface area (Å²) < 4.78 is 5.60. The Bertz CT molecular complexity index is 378. The van der Waals surface area contributed by atoms with E-state index in [-0.39, 0.29) is 6.61 Å². The monoisotopic (exact) mass is 334 g/mol. The summed E-state index contributed by atoms with van der Waals surface area (Å²) in [6.45, 7) is 1.81. The van der Waals surface area contributed by atoms with E-state index < -0.39 is 11.9 Å². The van der Waals surface area contributed by atoms with Crippen LogP contribution in [0.25, 0.3) is 0 Å². The van der Waals surface area contributed by atoms with E-state index in [0.717, 1.165) is 3.57 Å². The Morgan fingerprint density at radius 1 is 1.31 bits per heavy atom. The highest BCUT2D eigenvalue weighted by Crippen LogP contribution is 2.09. The van der Waals surface area contributed by atoms with Crippen molar-refractivity contribution >= 4 is 40.2 Å². The molecule has 0 aliphatic carbocycles. The maximum absolute atomic E-state index is 11.1. The van der Waals surface area contributed by atoms with Gasteiger partial charge in [0.1, 0.15) is 0 Å². The average Bonchev–Trinajstić information content (AvgIpc) is 2.28. The van der Waals surface area contributed by atoms with Crippen molar-refractivity contribution in [2.45, 2.75) is 6.92 Å². The molecule has 0 spiro atoms. The largest absolute Gasteiger partial charge is 0.459 e. The molecule has 1 aromatic carbocycles. The first-order valence-electron chi connectivity index (χ1n) is 4.62. The van der Waals surface area contributed by atoms with E-state index in [0.29, 0.717) is 5.69 Å². The zero-order chi connectivity index (χ0) is 12.0. The fourth-order valence-electron chi connectivity index (χ4n) is 0.910. The summed E-state index contributed by atoms with van der Waals surface area (Å²) in [7, 11) is 0. The van der Waals surface area contributed by atoms with E-state index in [9.17, 15) is 9.59 Å². The summed E-state index contributed by atoms with van der Waals surface area (Å²) in [4.78, 5) is 22.1. The molecule has 6 heteroatoms. The molecule has 0 saturated heterocycles. The predicted octanol–water partition coefficient (Wildman–Crippen LogP) is 1.30. The number of carbonyl (C=O) groups excluding carboxylic acids is 2. The van der Waals surface area contributed by atoms with Gasteiger partial charge in [-0.1, -0.05) is 0 Å². The van der Waals surface area contributed by atoms with Crippen molar-refractivity contribution < 1.29 is 14.3 Å². The van der Waals surface area contributed by atoms with Gasteiger partial charge in [-0.05, 0) is 53.8 Å². The number of carbonyl (C=O) groups is 2. The topological polar surface area (TPSA) is 67.4 Å². The molecule has 0 radical (unpaired) electrons. The summed E-state index contributed by atoms with van der Waals surface area (Å²) in [6, 6.07) is 7.32. The van der Waals surface area contributed by atoms with Gasteiger partial charge in [-0.3, -0.25) is 15.6 Å². The van der Waals surface area contributed by atoms with Crippen LogP contribution in [0.3, 0.4) is 0 Å². The van der Waals surface area contributed by atoms with Crippen molar-refractivity contribution in [1.82, 2.24) is 5.43 Å². The van der Waals surface area contributed by atoms with Crippen molar-refractivity contribution in [3.8, 4) is 0 Å². The number of hydrazine groups is 1. The Balaban J connectivity index is 2.42. The summed E-state index contributed by atoms with van der Waals surface area (Å²) >= 11 is 2.17. The van der Waals surface area contributed by atoms with Gasteiger partial charge >= 0.3 is 11.9 Å². The van der Waals surface area contributed by atoms with Gasteiger partial charge in [-0.25, -0.2) is 4.79 Å². The lowest BCUT2D eigenvalue weighted by molar-refractivity contribution is -0.154. The van der Waals surface area contributed by atoms with Crippen LogP contribution in [0, 0.1) is 3.57 Å². The number of amides is 1. The number of anilines is 1. The highest BCUT2D eigenvalue weighted by atomic mass is 127. The molecule has 0 aliphatic rings. The van der Waals surface area contributed by atoms with Gasteiger partial charge in [0.25, 0.3) is 0 Å². The van der Waals surface area contributed by atoms with Crippen LogP contribution < -0.4 is 10.9 Å². The quantitative estimate of drug-likeness (QED) is 0.378. The summed E-state index contributed by atoms with van der Waals surface area (Å²) in [5.41, 5.74) is 5.54. The molecule has 0 bridgehead atoms. The fourth-order valence-corrected chi connectivity index (χ4v) is 1.27. The minimum Gasteiger partial charge on any atom is -0.459 e. The van der Waals surface area contributed by atoms with E-state index in [4.69, 9.17) is 0 Å². The van der Waals surface area contributed by atoms with E-state index in [2.05, 4.69) is 38.2 Å². The van der Waals surface area contributed by atoms with Crippen LogP contribution in [0.1, 0.15) is 6.92 Å². The van der Waals surface area contributed by atoms with Crippen molar-refractivity contribution in [3.05, 3.63) is 27.8 Å². The van der Waals surface area contributed by atoms with E-state index in [1.807, 2.05) is 12.1 Å². The van der Waals surface area contributed by atoms with Crippen molar-refractivity contribution in [2.75, 3.05) is 12.0 Å². The molecule has 16 heavy (non-hydrogen) atoms. The maximum atomic E-state index is 11.1. The number of rotatable bonds is 3. The molecule has 5 nitrogen and oxygen atoms in total. The number of nitrogens with one attached hydrogen (secondary N) is 2. The molecule has 1 aromatic rings. The predicted molar refractivity (Wildman–Crippen MR) is 67.6 cm³/mol. The zero-order valence-corrected chi connectivity index (χ0v) is 10.8. The second-order valence-corrected chi connectivity index (χ2v) is 4.05. The summed E-state index contributed by atoms with van der Waals surface area (Å²) in [6.07, 6.45) is 0. The molecular weight excluding hydrogens is 323 g/mol. The second-order valence-electron chi connectivity index (χ2n) is 2.81. The standard InChI is InChI=1S/C10H11IN2O3/c1-2-16-10(15)9(14)13-12-8-5-3-7(11)4-6-8/h3-6,12H,2H2,1H3,(H,13,14). The number of esters is 1.